The van der Waals surface area contributed by atoms with Gasteiger partial charge in [-0.25, -0.2) is 16.8 Å². The summed E-state index contributed by atoms with van der Waals surface area (Å²) in [5, 5.41) is 0. The summed E-state index contributed by atoms with van der Waals surface area (Å²) >= 11 is 0. The van der Waals surface area contributed by atoms with Gasteiger partial charge >= 0.3 is 17.1 Å². The number of hydrogen-bond acceptors (Lipinski definition) is 6. The summed E-state index contributed by atoms with van der Waals surface area (Å²) in [4.78, 5) is 0. The molecule has 0 spiro atoms. The summed E-state index contributed by atoms with van der Waals surface area (Å²) in [5.41, 5.74) is 0. The zero-order valence-electron chi connectivity index (χ0n) is 4.46. The van der Waals surface area contributed by atoms with Crippen LogP contribution in [0.5, 0.6) is 0 Å². The van der Waals surface area contributed by atoms with Crippen molar-refractivity contribution in [2.45, 2.75) is 0 Å². The first-order chi connectivity index (χ1) is 4.00. The van der Waals surface area contributed by atoms with Gasteiger partial charge in [0.15, 0.2) is 0 Å². The maximum absolute atomic E-state index is 8.63. The van der Waals surface area contributed by atoms with Crippen molar-refractivity contribution in [2.75, 3.05) is 0 Å². The molecule has 0 aliphatic heterocycles. The molecule has 0 fully saturated rings. The Labute approximate surface area is 73.2 Å². The summed E-state index contributed by atoms with van der Waals surface area (Å²) in [6, 6.07) is 0. The molecular formula is H2CuO8S2. The van der Waals surface area contributed by atoms with Crippen LogP contribution < -0.4 is 0 Å². The SMILES string of the molecule is O=S(=O)([O-])O.O=S(=O)([O-])O.[Cu+2]. The summed E-state index contributed by atoms with van der Waals surface area (Å²) in [6.45, 7) is 0. The fourth-order valence-electron chi connectivity index (χ4n) is 0. The largest absolute Gasteiger partial charge is 2.00 e. The topological polar surface area (TPSA) is 155 Å². The minimum atomic E-state index is -4.92. The molecule has 8 nitrogen and oxygen atoms in total. The molecule has 11 heteroatoms. The normalized spacial score (nSPS) is 10.5. The van der Waals surface area contributed by atoms with Gasteiger partial charge in [-0.3, -0.25) is 9.11 Å². The van der Waals surface area contributed by atoms with E-state index >= 15 is 0 Å². The van der Waals surface area contributed by atoms with Crippen LogP contribution in [-0.4, -0.2) is 35.0 Å². The van der Waals surface area contributed by atoms with Gasteiger partial charge in [-0.2, -0.15) is 0 Å². The van der Waals surface area contributed by atoms with Crippen LogP contribution in [0, 0.1) is 0 Å². The van der Waals surface area contributed by atoms with Crippen molar-refractivity contribution in [1.29, 1.82) is 0 Å². The molecule has 2 N–H and O–H groups in total. The van der Waals surface area contributed by atoms with Crippen molar-refractivity contribution in [2.24, 2.45) is 0 Å². The van der Waals surface area contributed by atoms with Crippen molar-refractivity contribution in [1.82, 2.24) is 0 Å². The molecule has 0 amide bonds. The predicted molar refractivity (Wildman–Crippen MR) is 24.7 cm³/mol. The molecule has 0 aromatic carbocycles. The molecule has 0 aliphatic rings. The molecule has 0 rings (SSSR count). The van der Waals surface area contributed by atoms with E-state index in [1.165, 1.54) is 0 Å². The van der Waals surface area contributed by atoms with E-state index in [-0.39, 0.29) is 17.1 Å². The van der Waals surface area contributed by atoms with Crippen LogP contribution in [0.1, 0.15) is 0 Å². The van der Waals surface area contributed by atoms with E-state index in [1.54, 1.807) is 0 Å². The molecular weight excluding hydrogens is 256 g/mol. The van der Waals surface area contributed by atoms with Crippen molar-refractivity contribution in [3.05, 3.63) is 0 Å². The van der Waals surface area contributed by atoms with E-state index in [0.29, 0.717) is 0 Å². The third kappa shape index (κ3) is 10400. The molecule has 0 unspecified atom stereocenters. The van der Waals surface area contributed by atoms with Gasteiger partial charge in [-0.05, 0) is 0 Å². The Balaban J connectivity index is -0.000000107. The summed E-state index contributed by atoms with van der Waals surface area (Å²) in [7, 11) is -9.83. The zero-order chi connectivity index (χ0) is 9.00. The monoisotopic (exact) mass is 257 g/mol. The van der Waals surface area contributed by atoms with Crippen LogP contribution in [0.3, 0.4) is 0 Å². The van der Waals surface area contributed by atoms with Crippen molar-refractivity contribution >= 4 is 20.8 Å². The molecule has 1 radical (unpaired) electrons. The van der Waals surface area contributed by atoms with Crippen LogP contribution in [0.2, 0.25) is 0 Å². The second kappa shape index (κ2) is 5.85. The van der Waals surface area contributed by atoms with Gasteiger partial charge in [0.1, 0.15) is 0 Å². The average Bonchev–Trinajstić information content (AvgIpc) is 1.12. The molecule has 11 heavy (non-hydrogen) atoms. The molecule has 0 saturated carbocycles. The van der Waals surface area contributed by atoms with E-state index in [2.05, 4.69) is 0 Å². The third-order valence-corrected chi connectivity index (χ3v) is 0. The fourth-order valence-corrected chi connectivity index (χ4v) is 0. The van der Waals surface area contributed by atoms with Crippen molar-refractivity contribution in [3.8, 4) is 0 Å². The van der Waals surface area contributed by atoms with Crippen LogP contribution in [0.25, 0.3) is 0 Å². The summed E-state index contributed by atoms with van der Waals surface area (Å²) < 4.78 is 65.7. The Morgan fingerprint density at radius 2 is 0.818 bits per heavy atom. The average molecular weight is 258 g/mol. The Kier molecular flexibility index (Phi) is 9.24. The third-order valence-electron chi connectivity index (χ3n) is 0. The Morgan fingerprint density at radius 3 is 0.818 bits per heavy atom. The first kappa shape index (κ1) is 17.4. The number of rotatable bonds is 0. The minimum absolute atomic E-state index is 0. The molecule has 0 aromatic heterocycles. The van der Waals surface area contributed by atoms with E-state index in [9.17, 15) is 0 Å². The number of hydrogen-bond donors (Lipinski definition) is 2. The van der Waals surface area contributed by atoms with Crippen LogP contribution >= 0.6 is 0 Å². The fraction of sp³-hybridized carbons (Fsp3) is 0. The molecule has 0 bridgehead atoms. The Bertz CT molecular complexity index is 208. The molecule has 0 saturated heterocycles. The predicted octanol–water partition coefficient (Wildman–Crippen LogP) is -1.99. The van der Waals surface area contributed by atoms with Crippen LogP contribution in [0.15, 0.2) is 0 Å². The van der Waals surface area contributed by atoms with Crippen molar-refractivity contribution < 1.29 is 52.1 Å². The van der Waals surface area contributed by atoms with E-state index in [4.69, 9.17) is 35.0 Å². The van der Waals surface area contributed by atoms with Gasteiger partial charge < -0.3 is 9.11 Å². The van der Waals surface area contributed by atoms with Gasteiger partial charge in [0.05, 0.1) is 0 Å². The Morgan fingerprint density at radius 1 is 0.818 bits per heavy atom. The first-order valence-electron chi connectivity index (χ1n) is 1.37. The quantitative estimate of drug-likeness (QED) is 0.287. The smallest absolute Gasteiger partial charge is 0.726 e. The summed E-state index contributed by atoms with van der Waals surface area (Å²) in [6.07, 6.45) is 0. The molecule has 0 aromatic rings. The molecule has 0 atom stereocenters. The van der Waals surface area contributed by atoms with Crippen LogP contribution in [0.4, 0.5) is 0 Å². The maximum Gasteiger partial charge on any atom is 2.00 e. The van der Waals surface area contributed by atoms with Crippen LogP contribution in [-0.2, 0) is 37.9 Å². The van der Waals surface area contributed by atoms with Gasteiger partial charge in [0, 0.05) is 0 Å². The van der Waals surface area contributed by atoms with Gasteiger partial charge in [0.2, 0.25) is 20.8 Å². The minimum Gasteiger partial charge on any atom is -0.726 e. The first-order valence-corrected chi connectivity index (χ1v) is 4.10. The standard InChI is InChI=1S/Cu.2H2O4S/c;2*1-5(2,3)4/h;2*(H2,1,2,3,4)/q+2;;/p-2. The second-order valence-corrected chi connectivity index (χ2v) is 2.57. The molecule has 0 heterocycles. The van der Waals surface area contributed by atoms with E-state index in [0.717, 1.165) is 0 Å². The van der Waals surface area contributed by atoms with Gasteiger partial charge in [-0.15, -0.1) is 0 Å². The molecule has 0 aliphatic carbocycles. The molecule has 73 valence electrons. The second-order valence-electron chi connectivity index (χ2n) is 0.855. The van der Waals surface area contributed by atoms with Gasteiger partial charge in [-0.1, -0.05) is 0 Å². The maximum atomic E-state index is 8.63. The van der Waals surface area contributed by atoms with E-state index < -0.39 is 20.8 Å². The zero-order valence-corrected chi connectivity index (χ0v) is 7.04. The van der Waals surface area contributed by atoms with Gasteiger partial charge in [0.25, 0.3) is 0 Å². The van der Waals surface area contributed by atoms with E-state index in [1.807, 2.05) is 0 Å². The summed E-state index contributed by atoms with van der Waals surface area (Å²) in [5.74, 6) is 0. The van der Waals surface area contributed by atoms with Crippen molar-refractivity contribution in [3.63, 3.8) is 0 Å². The Hall–Kier alpha value is 0.259.